The topological polar surface area (TPSA) is 47.3 Å². The number of nitrogens with two attached hydrogens (primary N) is 1. The number of hydrazine groups is 1. The van der Waals surface area contributed by atoms with Crippen molar-refractivity contribution in [2.75, 3.05) is 12.0 Å². The van der Waals surface area contributed by atoms with Crippen molar-refractivity contribution in [3.63, 3.8) is 0 Å². The quantitative estimate of drug-likeness (QED) is 0.618. The van der Waals surface area contributed by atoms with Gasteiger partial charge in [0.2, 0.25) is 0 Å². The van der Waals surface area contributed by atoms with Crippen molar-refractivity contribution in [3.8, 4) is 5.75 Å². The van der Waals surface area contributed by atoms with Gasteiger partial charge < -0.3 is 10.2 Å². The van der Waals surface area contributed by atoms with Crippen LogP contribution in [-0.4, -0.2) is 6.61 Å². The summed E-state index contributed by atoms with van der Waals surface area (Å²) in [6.07, 6.45) is 0. The molecule has 0 radical (unpaired) electrons. The van der Waals surface area contributed by atoms with Crippen molar-refractivity contribution in [1.29, 1.82) is 0 Å². The minimum atomic E-state index is 0.658. The molecule has 4 heteroatoms. The number of hydrogen-bond acceptors (Lipinski definition) is 3. The van der Waals surface area contributed by atoms with Crippen LogP contribution in [0.1, 0.15) is 6.92 Å². The third-order valence-corrected chi connectivity index (χ3v) is 2.10. The van der Waals surface area contributed by atoms with Crippen LogP contribution in [0.4, 0.5) is 5.69 Å². The summed E-state index contributed by atoms with van der Waals surface area (Å²) in [7, 11) is 0. The average molecular weight is 231 g/mol. The molecule has 12 heavy (non-hydrogen) atoms. The number of hydrogen-bond donors (Lipinski definition) is 2. The lowest BCUT2D eigenvalue weighted by molar-refractivity contribution is 0.340. The van der Waals surface area contributed by atoms with E-state index in [1.807, 2.05) is 25.1 Å². The van der Waals surface area contributed by atoms with Gasteiger partial charge in [0.1, 0.15) is 5.75 Å². The molecule has 3 N–H and O–H groups in total. The molecule has 0 saturated carbocycles. The molecule has 66 valence electrons. The summed E-state index contributed by atoms with van der Waals surface area (Å²) in [4.78, 5) is 0. The molecule has 0 saturated heterocycles. The highest BCUT2D eigenvalue weighted by atomic mass is 79.9. The molecule has 0 unspecified atom stereocenters. The van der Waals surface area contributed by atoms with E-state index >= 15 is 0 Å². The van der Waals surface area contributed by atoms with Crippen LogP contribution in [0.15, 0.2) is 22.7 Å². The Hall–Kier alpha value is -0.740. The second-order valence-electron chi connectivity index (χ2n) is 2.22. The predicted molar refractivity (Wildman–Crippen MR) is 53.1 cm³/mol. The largest absolute Gasteiger partial charge is 0.494 e. The summed E-state index contributed by atoms with van der Waals surface area (Å²) < 4.78 is 6.21. The van der Waals surface area contributed by atoms with E-state index in [-0.39, 0.29) is 0 Å². The van der Waals surface area contributed by atoms with Gasteiger partial charge >= 0.3 is 0 Å². The van der Waals surface area contributed by atoms with Gasteiger partial charge in [-0.1, -0.05) is 0 Å². The first-order chi connectivity index (χ1) is 5.77. The van der Waals surface area contributed by atoms with E-state index in [2.05, 4.69) is 21.4 Å². The number of nitrogens with one attached hydrogen (secondary N) is 1. The van der Waals surface area contributed by atoms with Crippen LogP contribution in [0.5, 0.6) is 5.75 Å². The maximum atomic E-state index is 5.29. The van der Waals surface area contributed by atoms with Gasteiger partial charge in [0.15, 0.2) is 0 Å². The van der Waals surface area contributed by atoms with Gasteiger partial charge in [-0.05, 0) is 35.0 Å². The van der Waals surface area contributed by atoms with Gasteiger partial charge in [-0.2, -0.15) is 0 Å². The Labute approximate surface area is 80.0 Å². The Bertz CT molecular complexity index is 265. The number of benzene rings is 1. The Morgan fingerprint density at radius 3 is 2.92 bits per heavy atom. The fourth-order valence-electron chi connectivity index (χ4n) is 0.871. The standard InChI is InChI=1S/C8H11BrN2O/c1-2-12-6-3-4-7(9)8(5-6)11-10/h3-5,11H,2,10H2,1H3. The number of ether oxygens (including phenoxy) is 1. The second-order valence-corrected chi connectivity index (χ2v) is 3.07. The lowest BCUT2D eigenvalue weighted by atomic mass is 10.3. The van der Waals surface area contributed by atoms with E-state index in [1.54, 1.807) is 0 Å². The summed E-state index contributed by atoms with van der Waals surface area (Å²) in [5.41, 5.74) is 3.39. The molecule has 0 bridgehead atoms. The molecular weight excluding hydrogens is 220 g/mol. The normalized spacial score (nSPS) is 9.58. The third kappa shape index (κ3) is 2.12. The van der Waals surface area contributed by atoms with Gasteiger partial charge in [0.05, 0.1) is 12.3 Å². The highest BCUT2D eigenvalue weighted by molar-refractivity contribution is 9.10. The molecule has 0 atom stereocenters. The second kappa shape index (κ2) is 4.33. The van der Waals surface area contributed by atoms with Crippen molar-refractivity contribution in [2.45, 2.75) is 6.92 Å². The first kappa shape index (κ1) is 9.35. The van der Waals surface area contributed by atoms with E-state index in [0.29, 0.717) is 6.61 Å². The molecule has 1 aromatic rings. The Kier molecular flexibility index (Phi) is 3.37. The predicted octanol–water partition coefficient (Wildman–Crippen LogP) is 2.13. The van der Waals surface area contributed by atoms with Crippen LogP contribution < -0.4 is 16.0 Å². The van der Waals surface area contributed by atoms with Crippen molar-refractivity contribution in [2.24, 2.45) is 5.84 Å². The zero-order valence-electron chi connectivity index (χ0n) is 6.80. The Morgan fingerprint density at radius 2 is 2.33 bits per heavy atom. The summed E-state index contributed by atoms with van der Waals surface area (Å²) in [6, 6.07) is 5.61. The van der Waals surface area contributed by atoms with Crippen LogP contribution in [-0.2, 0) is 0 Å². The van der Waals surface area contributed by atoms with Crippen LogP contribution in [0.25, 0.3) is 0 Å². The fourth-order valence-corrected chi connectivity index (χ4v) is 1.23. The molecule has 1 rings (SSSR count). The highest BCUT2D eigenvalue weighted by Crippen LogP contribution is 2.26. The van der Waals surface area contributed by atoms with Gasteiger partial charge in [0, 0.05) is 10.5 Å². The molecule has 0 aromatic heterocycles. The molecule has 0 heterocycles. The first-order valence-corrected chi connectivity index (χ1v) is 4.46. The first-order valence-electron chi connectivity index (χ1n) is 3.67. The molecular formula is C8H11BrN2O. The maximum Gasteiger partial charge on any atom is 0.121 e. The van der Waals surface area contributed by atoms with Gasteiger partial charge in [0.25, 0.3) is 0 Å². The number of halogens is 1. The molecule has 0 aliphatic rings. The van der Waals surface area contributed by atoms with Crippen LogP contribution in [0, 0.1) is 0 Å². The number of nitrogen functional groups attached to an aromatic ring is 1. The van der Waals surface area contributed by atoms with Crippen molar-refractivity contribution >= 4 is 21.6 Å². The maximum absolute atomic E-state index is 5.29. The Morgan fingerprint density at radius 1 is 1.58 bits per heavy atom. The fraction of sp³-hybridized carbons (Fsp3) is 0.250. The molecule has 1 aromatic carbocycles. The van der Waals surface area contributed by atoms with Gasteiger partial charge in [-0.15, -0.1) is 0 Å². The third-order valence-electron chi connectivity index (χ3n) is 1.40. The smallest absolute Gasteiger partial charge is 0.121 e. The van der Waals surface area contributed by atoms with E-state index in [1.165, 1.54) is 0 Å². The minimum absolute atomic E-state index is 0.658. The lowest BCUT2D eigenvalue weighted by Gasteiger charge is -2.07. The number of rotatable bonds is 3. The molecule has 0 amide bonds. The average Bonchev–Trinajstić information content (AvgIpc) is 2.09. The van der Waals surface area contributed by atoms with Gasteiger partial charge in [-0.3, -0.25) is 5.84 Å². The molecule has 0 spiro atoms. The van der Waals surface area contributed by atoms with Crippen LogP contribution in [0.2, 0.25) is 0 Å². The number of anilines is 1. The zero-order valence-corrected chi connectivity index (χ0v) is 8.39. The zero-order chi connectivity index (χ0) is 8.97. The van der Waals surface area contributed by atoms with Crippen LogP contribution >= 0.6 is 15.9 Å². The van der Waals surface area contributed by atoms with Gasteiger partial charge in [-0.25, -0.2) is 0 Å². The van der Waals surface area contributed by atoms with Crippen molar-refractivity contribution < 1.29 is 4.74 Å². The van der Waals surface area contributed by atoms with Crippen molar-refractivity contribution in [1.82, 2.24) is 0 Å². The van der Waals surface area contributed by atoms with E-state index < -0.39 is 0 Å². The van der Waals surface area contributed by atoms with E-state index in [0.717, 1.165) is 15.9 Å². The summed E-state index contributed by atoms with van der Waals surface area (Å²) >= 11 is 3.34. The van der Waals surface area contributed by atoms with Crippen molar-refractivity contribution in [3.05, 3.63) is 22.7 Å². The molecule has 3 nitrogen and oxygen atoms in total. The molecule has 0 aliphatic heterocycles. The van der Waals surface area contributed by atoms with Crippen LogP contribution in [0.3, 0.4) is 0 Å². The highest BCUT2D eigenvalue weighted by Gasteiger charge is 1.99. The molecule has 0 aliphatic carbocycles. The van der Waals surface area contributed by atoms with E-state index in [9.17, 15) is 0 Å². The summed E-state index contributed by atoms with van der Waals surface area (Å²) in [5.74, 6) is 6.09. The monoisotopic (exact) mass is 230 g/mol. The molecule has 0 fully saturated rings. The summed E-state index contributed by atoms with van der Waals surface area (Å²) in [6.45, 7) is 2.60. The van der Waals surface area contributed by atoms with E-state index in [4.69, 9.17) is 10.6 Å². The SMILES string of the molecule is CCOc1ccc(Br)c(NN)c1. The minimum Gasteiger partial charge on any atom is -0.494 e. The Balaban J connectivity index is 2.89. The lowest BCUT2D eigenvalue weighted by Crippen LogP contribution is -2.07. The summed E-state index contributed by atoms with van der Waals surface area (Å²) in [5, 5.41) is 0.